The molecule has 0 radical (unpaired) electrons. The van der Waals surface area contributed by atoms with E-state index >= 15 is 0 Å². The first-order valence-electron chi connectivity index (χ1n) is 7.70. The zero-order chi connectivity index (χ0) is 16.4. The lowest BCUT2D eigenvalue weighted by atomic mass is 10.2. The van der Waals surface area contributed by atoms with E-state index in [9.17, 15) is 4.79 Å². The van der Waals surface area contributed by atoms with Crippen LogP contribution < -0.4 is 11.0 Å². The van der Waals surface area contributed by atoms with Crippen molar-refractivity contribution in [2.45, 2.75) is 6.54 Å². The second-order valence-electron chi connectivity index (χ2n) is 5.33. The number of hydrogen-bond donors (Lipinski definition) is 1. The maximum absolute atomic E-state index is 12.2. The standard InChI is InChI=1S/C17H16N6O/c24-17-21-11-4-3-8-16(21)20-23(17)13-10-18-14-6-1-2-7-15(14)22-12-5-9-19-22/h1-9,11-12,18H,10,13H2. The van der Waals surface area contributed by atoms with Gasteiger partial charge in [-0.1, -0.05) is 18.2 Å². The van der Waals surface area contributed by atoms with E-state index in [0.717, 1.165) is 11.4 Å². The van der Waals surface area contributed by atoms with Crippen LogP contribution in [0.1, 0.15) is 0 Å². The van der Waals surface area contributed by atoms with E-state index < -0.39 is 0 Å². The van der Waals surface area contributed by atoms with Gasteiger partial charge in [0.25, 0.3) is 0 Å². The second kappa shape index (κ2) is 6.04. The third kappa shape index (κ3) is 2.56. The van der Waals surface area contributed by atoms with E-state index in [0.29, 0.717) is 18.7 Å². The van der Waals surface area contributed by atoms with Crippen LogP contribution in [0.4, 0.5) is 5.69 Å². The van der Waals surface area contributed by atoms with Crippen molar-refractivity contribution < 1.29 is 0 Å². The molecule has 7 nitrogen and oxygen atoms in total. The van der Waals surface area contributed by atoms with Gasteiger partial charge in [0.1, 0.15) is 0 Å². The van der Waals surface area contributed by atoms with Gasteiger partial charge in [-0.25, -0.2) is 14.2 Å². The van der Waals surface area contributed by atoms with Crippen LogP contribution in [0, 0.1) is 0 Å². The molecule has 0 spiro atoms. The second-order valence-corrected chi connectivity index (χ2v) is 5.33. The molecule has 24 heavy (non-hydrogen) atoms. The molecule has 7 heteroatoms. The predicted molar refractivity (Wildman–Crippen MR) is 91.5 cm³/mol. The topological polar surface area (TPSA) is 69.2 Å². The van der Waals surface area contributed by atoms with Gasteiger partial charge < -0.3 is 5.32 Å². The predicted octanol–water partition coefficient (Wildman–Crippen LogP) is 1.79. The quantitative estimate of drug-likeness (QED) is 0.609. The Morgan fingerprint density at radius 2 is 1.88 bits per heavy atom. The van der Waals surface area contributed by atoms with Gasteiger partial charge in [-0.15, -0.1) is 5.10 Å². The number of nitrogens with one attached hydrogen (secondary N) is 1. The molecule has 1 N–H and O–H groups in total. The summed E-state index contributed by atoms with van der Waals surface area (Å²) in [4.78, 5) is 12.2. The number of aromatic nitrogens is 5. The first-order chi connectivity index (χ1) is 11.8. The molecular formula is C17H16N6O. The summed E-state index contributed by atoms with van der Waals surface area (Å²) >= 11 is 0. The van der Waals surface area contributed by atoms with Crippen LogP contribution in [-0.2, 0) is 6.54 Å². The number of pyridine rings is 1. The number of nitrogens with zero attached hydrogens (tertiary/aromatic N) is 5. The molecule has 1 aromatic carbocycles. The van der Waals surface area contributed by atoms with E-state index in [4.69, 9.17) is 0 Å². The molecule has 0 aliphatic heterocycles. The summed E-state index contributed by atoms with van der Waals surface area (Å²) in [5.41, 5.74) is 2.44. The van der Waals surface area contributed by atoms with Gasteiger partial charge in [-0.2, -0.15) is 5.10 Å². The lowest BCUT2D eigenvalue weighted by Crippen LogP contribution is -2.24. The molecule has 0 saturated carbocycles. The van der Waals surface area contributed by atoms with E-state index in [1.54, 1.807) is 17.1 Å². The largest absolute Gasteiger partial charge is 0.381 e. The molecule has 3 aromatic heterocycles. The Morgan fingerprint density at radius 1 is 1.00 bits per heavy atom. The molecule has 0 aliphatic carbocycles. The highest BCUT2D eigenvalue weighted by molar-refractivity contribution is 5.60. The summed E-state index contributed by atoms with van der Waals surface area (Å²) in [6, 6.07) is 15.3. The van der Waals surface area contributed by atoms with Crippen LogP contribution in [0.5, 0.6) is 0 Å². The van der Waals surface area contributed by atoms with Crippen molar-refractivity contribution in [3.05, 3.63) is 77.6 Å². The van der Waals surface area contributed by atoms with Crippen molar-refractivity contribution in [1.29, 1.82) is 0 Å². The normalized spacial score (nSPS) is 11.0. The van der Waals surface area contributed by atoms with Crippen LogP contribution in [0.2, 0.25) is 0 Å². The van der Waals surface area contributed by atoms with E-state index in [1.165, 1.54) is 9.08 Å². The molecule has 0 fully saturated rings. The van der Waals surface area contributed by atoms with Crippen molar-refractivity contribution >= 4 is 11.3 Å². The molecule has 3 heterocycles. The van der Waals surface area contributed by atoms with Crippen LogP contribution >= 0.6 is 0 Å². The third-order valence-electron chi connectivity index (χ3n) is 3.78. The van der Waals surface area contributed by atoms with Gasteiger partial charge in [0, 0.05) is 25.1 Å². The number of para-hydroxylation sites is 2. The molecule has 120 valence electrons. The van der Waals surface area contributed by atoms with Crippen LogP contribution in [0.3, 0.4) is 0 Å². The number of fused-ring (bicyclic) bond motifs is 1. The van der Waals surface area contributed by atoms with Crippen LogP contribution in [0.15, 0.2) is 71.9 Å². The molecule has 0 atom stereocenters. The molecule has 0 bridgehead atoms. The maximum atomic E-state index is 12.2. The van der Waals surface area contributed by atoms with E-state index in [2.05, 4.69) is 15.5 Å². The fraction of sp³-hybridized carbons (Fsp3) is 0.118. The number of benzene rings is 1. The van der Waals surface area contributed by atoms with Gasteiger partial charge in [-0.05, 0) is 30.3 Å². The Morgan fingerprint density at radius 3 is 2.71 bits per heavy atom. The highest BCUT2D eigenvalue weighted by atomic mass is 16.2. The number of rotatable bonds is 5. The lowest BCUT2D eigenvalue weighted by Gasteiger charge is -2.11. The van der Waals surface area contributed by atoms with Crippen molar-refractivity contribution in [3.8, 4) is 5.69 Å². The van der Waals surface area contributed by atoms with Crippen molar-refractivity contribution in [2.75, 3.05) is 11.9 Å². The number of anilines is 1. The molecule has 4 rings (SSSR count). The summed E-state index contributed by atoms with van der Waals surface area (Å²) in [5.74, 6) is 0. The lowest BCUT2D eigenvalue weighted by molar-refractivity contribution is 0.614. The zero-order valence-corrected chi connectivity index (χ0v) is 12.9. The van der Waals surface area contributed by atoms with Gasteiger partial charge in [0.05, 0.1) is 17.9 Å². The smallest absolute Gasteiger partial charge is 0.350 e. The molecule has 0 aliphatic rings. The van der Waals surface area contributed by atoms with Gasteiger partial charge in [0.2, 0.25) is 0 Å². The van der Waals surface area contributed by atoms with Crippen molar-refractivity contribution in [3.63, 3.8) is 0 Å². The monoisotopic (exact) mass is 320 g/mol. The molecular weight excluding hydrogens is 304 g/mol. The van der Waals surface area contributed by atoms with Crippen molar-refractivity contribution in [2.24, 2.45) is 0 Å². The minimum Gasteiger partial charge on any atom is -0.381 e. The molecule has 0 amide bonds. The zero-order valence-electron chi connectivity index (χ0n) is 12.9. The molecule has 0 saturated heterocycles. The summed E-state index contributed by atoms with van der Waals surface area (Å²) in [6.45, 7) is 1.07. The van der Waals surface area contributed by atoms with E-state index in [-0.39, 0.29) is 5.69 Å². The fourth-order valence-corrected chi connectivity index (χ4v) is 2.64. The highest BCUT2D eigenvalue weighted by Gasteiger charge is 2.07. The first-order valence-corrected chi connectivity index (χ1v) is 7.70. The Hall–Kier alpha value is -3.35. The minimum absolute atomic E-state index is 0.132. The summed E-state index contributed by atoms with van der Waals surface area (Å²) in [5, 5.41) is 11.9. The van der Waals surface area contributed by atoms with Gasteiger partial charge in [0.15, 0.2) is 5.65 Å². The maximum Gasteiger partial charge on any atom is 0.350 e. The first kappa shape index (κ1) is 14.3. The Balaban J connectivity index is 1.52. The summed E-state index contributed by atoms with van der Waals surface area (Å²) < 4.78 is 4.82. The average Bonchev–Trinajstić information content (AvgIpc) is 3.25. The minimum atomic E-state index is -0.132. The van der Waals surface area contributed by atoms with Gasteiger partial charge >= 0.3 is 5.69 Å². The Kier molecular flexibility index (Phi) is 3.59. The molecule has 4 aromatic rings. The summed E-state index contributed by atoms with van der Waals surface area (Å²) in [6.07, 6.45) is 5.36. The highest BCUT2D eigenvalue weighted by Crippen LogP contribution is 2.18. The third-order valence-corrected chi connectivity index (χ3v) is 3.78. The Labute approximate surface area is 137 Å². The fourth-order valence-electron chi connectivity index (χ4n) is 2.64. The van der Waals surface area contributed by atoms with Crippen molar-refractivity contribution in [1.82, 2.24) is 24.0 Å². The van der Waals surface area contributed by atoms with Crippen LogP contribution in [0.25, 0.3) is 11.3 Å². The Bertz CT molecular complexity index is 1010. The van der Waals surface area contributed by atoms with Crippen LogP contribution in [-0.4, -0.2) is 30.5 Å². The number of hydrogen-bond acceptors (Lipinski definition) is 4. The van der Waals surface area contributed by atoms with E-state index in [1.807, 2.05) is 54.7 Å². The SMILES string of the molecule is O=c1n(CCNc2ccccc2-n2cccn2)nc2ccccn12. The average molecular weight is 320 g/mol. The van der Waals surface area contributed by atoms with Gasteiger partial charge in [-0.3, -0.25) is 4.40 Å². The molecule has 0 unspecified atom stereocenters. The summed E-state index contributed by atoms with van der Waals surface area (Å²) in [7, 11) is 0.